The first kappa shape index (κ1) is 14.6. The lowest BCUT2D eigenvalue weighted by molar-refractivity contribution is 0.0848. The average molecular weight is 301 g/mol. The first-order chi connectivity index (χ1) is 10.2. The molecule has 1 aromatic heterocycles. The van der Waals surface area contributed by atoms with E-state index in [4.69, 9.17) is 5.26 Å². The Hall–Kier alpha value is -2.79. The molecule has 0 aliphatic carbocycles. The van der Waals surface area contributed by atoms with Crippen molar-refractivity contribution in [2.45, 2.75) is 13.3 Å². The third kappa shape index (κ3) is 3.40. The SMILES string of the molecule is CCc1nnsc1C(=O)NNC(=O)c1ccc(C#N)cc1. The topological polar surface area (TPSA) is 108 Å². The van der Waals surface area contributed by atoms with Crippen molar-refractivity contribution in [3.63, 3.8) is 0 Å². The van der Waals surface area contributed by atoms with Crippen LogP contribution in [0.1, 0.15) is 38.2 Å². The minimum Gasteiger partial charge on any atom is -0.267 e. The molecule has 21 heavy (non-hydrogen) atoms. The summed E-state index contributed by atoms with van der Waals surface area (Å²) in [6.45, 7) is 1.86. The standard InChI is InChI=1S/C13H11N5O2S/c1-2-10-11(21-18-15-10)13(20)17-16-12(19)9-5-3-8(7-14)4-6-9/h3-6H,2H2,1H3,(H,16,19)(H,17,20). The summed E-state index contributed by atoms with van der Waals surface area (Å²) in [5, 5.41) is 12.5. The number of aryl methyl sites for hydroxylation is 1. The lowest BCUT2D eigenvalue weighted by Gasteiger charge is -2.06. The fourth-order valence-corrected chi connectivity index (χ4v) is 2.20. The second-order valence-electron chi connectivity index (χ2n) is 4.00. The van der Waals surface area contributed by atoms with E-state index in [1.807, 2.05) is 13.0 Å². The first-order valence-corrected chi connectivity index (χ1v) is 6.85. The monoisotopic (exact) mass is 301 g/mol. The molecule has 0 unspecified atom stereocenters. The maximum atomic E-state index is 11.9. The van der Waals surface area contributed by atoms with Gasteiger partial charge in [0.15, 0.2) is 0 Å². The second kappa shape index (κ2) is 6.58. The summed E-state index contributed by atoms with van der Waals surface area (Å²) >= 11 is 0.974. The van der Waals surface area contributed by atoms with E-state index in [1.54, 1.807) is 0 Å². The van der Waals surface area contributed by atoms with Crippen LogP contribution in [0.3, 0.4) is 0 Å². The highest BCUT2D eigenvalue weighted by Gasteiger charge is 2.15. The normalized spacial score (nSPS) is 9.71. The molecule has 0 aliphatic rings. The molecule has 1 aromatic carbocycles. The van der Waals surface area contributed by atoms with Gasteiger partial charge in [0.05, 0.1) is 17.3 Å². The smallest absolute Gasteiger partial charge is 0.267 e. The summed E-state index contributed by atoms with van der Waals surface area (Å²) in [5.41, 5.74) is 6.00. The fourth-order valence-electron chi connectivity index (χ4n) is 1.55. The molecular weight excluding hydrogens is 290 g/mol. The van der Waals surface area contributed by atoms with Gasteiger partial charge in [0.2, 0.25) is 0 Å². The van der Waals surface area contributed by atoms with Crippen LogP contribution in [0.15, 0.2) is 24.3 Å². The Morgan fingerprint density at radius 2 is 1.90 bits per heavy atom. The van der Waals surface area contributed by atoms with Crippen LogP contribution in [0.4, 0.5) is 0 Å². The highest BCUT2D eigenvalue weighted by Crippen LogP contribution is 2.10. The molecule has 7 nitrogen and oxygen atoms in total. The molecule has 106 valence electrons. The van der Waals surface area contributed by atoms with Crippen LogP contribution in [-0.2, 0) is 6.42 Å². The number of nitrogens with one attached hydrogen (secondary N) is 2. The summed E-state index contributed by atoms with van der Waals surface area (Å²) in [4.78, 5) is 24.1. The van der Waals surface area contributed by atoms with E-state index in [2.05, 4.69) is 20.4 Å². The van der Waals surface area contributed by atoms with E-state index in [0.29, 0.717) is 28.1 Å². The molecule has 0 aliphatic heterocycles. The molecule has 2 amide bonds. The van der Waals surface area contributed by atoms with E-state index in [-0.39, 0.29) is 0 Å². The minimum absolute atomic E-state index is 0.340. The number of hydrogen-bond donors (Lipinski definition) is 2. The minimum atomic E-state index is -0.469. The first-order valence-electron chi connectivity index (χ1n) is 6.07. The molecule has 2 aromatic rings. The number of aromatic nitrogens is 2. The average Bonchev–Trinajstić information content (AvgIpc) is 3.01. The summed E-state index contributed by atoms with van der Waals surface area (Å²) in [7, 11) is 0. The van der Waals surface area contributed by atoms with E-state index in [1.165, 1.54) is 24.3 Å². The number of nitriles is 1. The summed E-state index contributed by atoms with van der Waals surface area (Å²) in [6.07, 6.45) is 0.586. The van der Waals surface area contributed by atoms with Crippen LogP contribution in [0.25, 0.3) is 0 Å². The van der Waals surface area contributed by atoms with E-state index in [0.717, 1.165) is 11.5 Å². The van der Waals surface area contributed by atoms with Gasteiger partial charge >= 0.3 is 0 Å². The fraction of sp³-hybridized carbons (Fsp3) is 0.154. The molecular formula is C13H11N5O2S. The van der Waals surface area contributed by atoms with Gasteiger partial charge < -0.3 is 0 Å². The molecule has 1 heterocycles. The molecule has 2 rings (SSSR count). The van der Waals surface area contributed by atoms with Gasteiger partial charge in [-0.1, -0.05) is 11.4 Å². The lowest BCUT2D eigenvalue weighted by atomic mass is 10.1. The lowest BCUT2D eigenvalue weighted by Crippen LogP contribution is -2.41. The molecule has 8 heteroatoms. The quantitative estimate of drug-likeness (QED) is 0.824. The Morgan fingerprint density at radius 3 is 2.52 bits per heavy atom. The molecule has 0 saturated heterocycles. The van der Waals surface area contributed by atoms with Crippen molar-refractivity contribution in [3.8, 4) is 6.07 Å². The molecule has 0 saturated carbocycles. The zero-order valence-corrected chi connectivity index (χ0v) is 11.9. The van der Waals surface area contributed by atoms with Crippen LogP contribution >= 0.6 is 11.5 Å². The number of hydrazine groups is 1. The van der Waals surface area contributed by atoms with E-state index < -0.39 is 11.8 Å². The van der Waals surface area contributed by atoms with Crippen molar-refractivity contribution < 1.29 is 9.59 Å². The van der Waals surface area contributed by atoms with Crippen LogP contribution in [-0.4, -0.2) is 21.4 Å². The van der Waals surface area contributed by atoms with Gasteiger partial charge in [0, 0.05) is 5.56 Å². The van der Waals surface area contributed by atoms with Gasteiger partial charge in [-0.2, -0.15) is 5.26 Å². The second-order valence-corrected chi connectivity index (χ2v) is 4.75. The Bertz CT molecular complexity index is 702. The number of hydrogen-bond acceptors (Lipinski definition) is 6. The third-order valence-corrected chi connectivity index (χ3v) is 3.43. The Labute approximate surface area is 124 Å². The third-order valence-electron chi connectivity index (χ3n) is 2.66. The van der Waals surface area contributed by atoms with Gasteiger partial charge in [-0.3, -0.25) is 20.4 Å². The summed E-state index contributed by atoms with van der Waals surface area (Å²) < 4.78 is 3.71. The molecule has 0 atom stereocenters. The van der Waals surface area contributed by atoms with Gasteiger partial charge in [-0.25, -0.2) is 0 Å². The highest BCUT2D eigenvalue weighted by atomic mass is 32.1. The summed E-state index contributed by atoms with van der Waals surface area (Å²) in [6, 6.07) is 8.03. The maximum Gasteiger partial charge on any atom is 0.283 e. The number of nitrogens with zero attached hydrogens (tertiary/aromatic N) is 3. The van der Waals surface area contributed by atoms with Crippen molar-refractivity contribution in [1.29, 1.82) is 5.26 Å². The van der Waals surface area contributed by atoms with Gasteiger partial charge in [-0.15, -0.1) is 5.10 Å². The number of amides is 2. The van der Waals surface area contributed by atoms with Gasteiger partial charge in [0.1, 0.15) is 4.88 Å². The maximum absolute atomic E-state index is 11.9. The molecule has 0 spiro atoms. The molecule has 0 fully saturated rings. The number of carbonyl (C=O) groups excluding carboxylic acids is 2. The largest absolute Gasteiger partial charge is 0.283 e. The number of benzene rings is 1. The van der Waals surface area contributed by atoms with Crippen molar-refractivity contribution in [2.24, 2.45) is 0 Å². The Kier molecular flexibility index (Phi) is 4.58. The zero-order valence-electron chi connectivity index (χ0n) is 11.1. The van der Waals surface area contributed by atoms with Gasteiger partial charge in [0.25, 0.3) is 11.8 Å². The van der Waals surface area contributed by atoms with Crippen LogP contribution in [0, 0.1) is 11.3 Å². The van der Waals surface area contributed by atoms with Crippen molar-refractivity contribution in [2.75, 3.05) is 0 Å². The highest BCUT2D eigenvalue weighted by molar-refractivity contribution is 7.08. The number of rotatable bonds is 3. The van der Waals surface area contributed by atoms with Crippen molar-refractivity contribution in [3.05, 3.63) is 46.0 Å². The van der Waals surface area contributed by atoms with Crippen LogP contribution < -0.4 is 10.9 Å². The molecule has 2 N–H and O–H groups in total. The van der Waals surface area contributed by atoms with Crippen LogP contribution in [0.2, 0.25) is 0 Å². The van der Waals surface area contributed by atoms with E-state index >= 15 is 0 Å². The van der Waals surface area contributed by atoms with Crippen molar-refractivity contribution in [1.82, 2.24) is 20.4 Å². The molecule has 0 radical (unpaired) electrons. The van der Waals surface area contributed by atoms with Gasteiger partial charge in [-0.05, 0) is 42.2 Å². The Balaban J connectivity index is 1.97. The van der Waals surface area contributed by atoms with Crippen molar-refractivity contribution >= 4 is 23.3 Å². The summed E-state index contributed by atoms with van der Waals surface area (Å²) in [5.74, 6) is -0.924. The van der Waals surface area contributed by atoms with Crippen LogP contribution in [0.5, 0.6) is 0 Å². The van der Waals surface area contributed by atoms with E-state index in [9.17, 15) is 9.59 Å². The molecule has 0 bridgehead atoms. The Morgan fingerprint density at radius 1 is 1.24 bits per heavy atom. The predicted molar refractivity (Wildman–Crippen MR) is 75.4 cm³/mol. The number of carbonyl (C=O) groups is 2. The zero-order chi connectivity index (χ0) is 15.2. The predicted octanol–water partition coefficient (Wildman–Crippen LogP) is 1.05.